The Balaban J connectivity index is 3.70. The molecule has 0 rings (SSSR count). The highest BCUT2D eigenvalue weighted by molar-refractivity contribution is 7.80. The third-order valence-corrected chi connectivity index (χ3v) is 3.37. The minimum atomic E-state index is 0.607. The first-order valence-corrected chi connectivity index (χ1v) is 6.55. The summed E-state index contributed by atoms with van der Waals surface area (Å²) in [5.41, 5.74) is 0. The lowest BCUT2D eigenvalue weighted by Gasteiger charge is -2.18. The first kappa shape index (κ1) is 14.1. The van der Waals surface area contributed by atoms with Crippen LogP contribution in [-0.4, -0.2) is 5.25 Å². The Bertz CT molecular complexity index is 131. The van der Waals surface area contributed by atoms with E-state index in [9.17, 15) is 0 Å². The Hall–Kier alpha value is 0.0900. The number of unbranched alkanes of at least 4 members (excludes halogenated alkanes) is 1. The highest BCUT2D eigenvalue weighted by atomic mass is 32.1. The summed E-state index contributed by atoms with van der Waals surface area (Å²) in [5, 5.41) is 0.607. The van der Waals surface area contributed by atoms with E-state index in [0.29, 0.717) is 5.25 Å². The SMILES string of the molecule is C=CCCCC(CCC)CC(S)CC. The van der Waals surface area contributed by atoms with Crippen molar-refractivity contribution in [2.45, 2.75) is 64.0 Å². The molecule has 0 nitrogen and oxygen atoms in total. The van der Waals surface area contributed by atoms with Crippen molar-refractivity contribution in [2.24, 2.45) is 5.92 Å². The van der Waals surface area contributed by atoms with Crippen LogP contribution >= 0.6 is 12.6 Å². The van der Waals surface area contributed by atoms with Crippen molar-refractivity contribution in [2.75, 3.05) is 0 Å². The average molecular weight is 214 g/mol. The number of hydrogen-bond donors (Lipinski definition) is 1. The van der Waals surface area contributed by atoms with Crippen LogP contribution in [-0.2, 0) is 0 Å². The van der Waals surface area contributed by atoms with Crippen LogP contribution in [0.2, 0.25) is 0 Å². The summed E-state index contributed by atoms with van der Waals surface area (Å²) in [6, 6.07) is 0. The van der Waals surface area contributed by atoms with Crippen molar-refractivity contribution in [3.05, 3.63) is 12.7 Å². The van der Waals surface area contributed by atoms with Gasteiger partial charge < -0.3 is 0 Å². The van der Waals surface area contributed by atoms with Crippen LogP contribution in [0, 0.1) is 5.92 Å². The molecule has 0 aromatic carbocycles. The molecular formula is C13H26S. The predicted molar refractivity (Wildman–Crippen MR) is 70.1 cm³/mol. The van der Waals surface area contributed by atoms with E-state index in [-0.39, 0.29) is 0 Å². The van der Waals surface area contributed by atoms with E-state index in [1.807, 2.05) is 6.08 Å². The van der Waals surface area contributed by atoms with Gasteiger partial charge in [-0.3, -0.25) is 0 Å². The Morgan fingerprint density at radius 1 is 1.29 bits per heavy atom. The molecule has 14 heavy (non-hydrogen) atoms. The molecule has 0 saturated carbocycles. The smallest absolute Gasteiger partial charge is 0.00168 e. The lowest BCUT2D eigenvalue weighted by Crippen LogP contribution is -2.08. The molecule has 0 aliphatic carbocycles. The number of allylic oxidation sites excluding steroid dienone is 1. The van der Waals surface area contributed by atoms with E-state index < -0.39 is 0 Å². The molecule has 0 heterocycles. The second-order valence-electron chi connectivity index (χ2n) is 4.17. The van der Waals surface area contributed by atoms with Crippen LogP contribution in [0.5, 0.6) is 0 Å². The first-order chi connectivity index (χ1) is 6.74. The van der Waals surface area contributed by atoms with Gasteiger partial charge in [-0.1, -0.05) is 39.2 Å². The summed E-state index contributed by atoms with van der Waals surface area (Å²) < 4.78 is 0. The molecule has 0 spiro atoms. The second-order valence-corrected chi connectivity index (χ2v) is 4.90. The van der Waals surface area contributed by atoms with Crippen molar-refractivity contribution in [3.63, 3.8) is 0 Å². The monoisotopic (exact) mass is 214 g/mol. The van der Waals surface area contributed by atoms with E-state index in [1.165, 1.54) is 44.9 Å². The summed E-state index contributed by atoms with van der Waals surface area (Å²) in [6.45, 7) is 8.27. The quantitative estimate of drug-likeness (QED) is 0.316. The number of thiol groups is 1. The molecule has 2 unspecified atom stereocenters. The first-order valence-electron chi connectivity index (χ1n) is 6.03. The van der Waals surface area contributed by atoms with Crippen LogP contribution in [0.4, 0.5) is 0 Å². The topological polar surface area (TPSA) is 0 Å². The van der Waals surface area contributed by atoms with Crippen LogP contribution in [0.1, 0.15) is 58.8 Å². The van der Waals surface area contributed by atoms with Gasteiger partial charge in [0.15, 0.2) is 0 Å². The van der Waals surface area contributed by atoms with E-state index in [0.717, 1.165) is 5.92 Å². The van der Waals surface area contributed by atoms with Gasteiger partial charge in [0.05, 0.1) is 0 Å². The van der Waals surface area contributed by atoms with Gasteiger partial charge in [-0.05, 0) is 31.6 Å². The molecule has 0 aromatic heterocycles. The second kappa shape index (κ2) is 9.64. The zero-order valence-corrected chi connectivity index (χ0v) is 10.7. The molecule has 84 valence electrons. The fourth-order valence-corrected chi connectivity index (χ4v) is 2.19. The maximum absolute atomic E-state index is 4.59. The zero-order valence-electron chi connectivity index (χ0n) is 9.84. The molecule has 0 aromatic rings. The zero-order chi connectivity index (χ0) is 10.8. The molecule has 0 aliphatic rings. The van der Waals surface area contributed by atoms with Gasteiger partial charge in [0.2, 0.25) is 0 Å². The van der Waals surface area contributed by atoms with Gasteiger partial charge in [-0.15, -0.1) is 6.58 Å². The van der Waals surface area contributed by atoms with Crippen molar-refractivity contribution in [1.82, 2.24) is 0 Å². The standard InChI is InChI=1S/C13H26S/c1-4-7-8-10-12(9-5-2)11-13(14)6-3/h4,12-14H,1,5-11H2,2-3H3. The third-order valence-electron chi connectivity index (χ3n) is 2.79. The maximum atomic E-state index is 4.59. The summed E-state index contributed by atoms with van der Waals surface area (Å²) in [7, 11) is 0. The van der Waals surface area contributed by atoms with Gasteiger partial charge in [0.1, 0.15) is 0 Å². The molecule has 2 atom stereocenters. The molecular weight excluding hydrogens is 188 g/mol. The van der Waals surface area contributed by atoms with Gasteiger partial charge in [-0.25, -0.2) is 0 Å². The highest BCUT2D eigenvalue weighted by Crippen LogP contribution is 2.23. The highest BCUT2D eigenvalue weighted by Gasteiger charge is 2.11. The van der Waals surface area contributed by atoms with E-state index in [2.05, 4.69) is 33.1 Å². The van der Waals surface area contributed by atoms with Crippen LogP contribution in [0.15, 0.2) is 12.7 Å². The molecule has 0 aliphatic heterocycles. The predicted octanol–water partition coefficient (Wildman–Crippen LogP) is 4.86. The summed E-state index contributed by atoms with van der Waals surface area (Å²) in [5.74, 6) is 0.891. The summed E-state index contributed by atoms with van der Waals surface area (Å²) >= 11 is 4.59. The Morgan fingerprint density at radius 3 is 2.50 bits per heavy atom. The molecule has 0 amide bonds. The van der Waals surface area contributed by atoms with Gasteiger partial charge in [0.25, 0.3) is 0 Å². The van der Waals surface area contributed by atoms with Gasteiger partial charge in [0, 0.05) is 5.25 Å². The van der Waals surface area contributed by atoms with Crippen molar-refractivity contribution in [3.8, 4) is 0 Å². The lowest BCUT2D eigenvalue weighted by molar-refractivity contribution is 0.399. The summed E-state index contributed by atoms with van der Waals surface area (Å²) in [6.07, 6.45) is 11.0. The average Bonchev–Trinajstić information content (AvgIpc) is 2.18. The molecule has 0 bridgehead atoms. The van der Waals surface area contributed by atoms with Crippen LogP contribution in [0.25, 0.3) is 0 Å². The molecule has 1 heteroatoms. The molecule has 0 fully saturated rings. The van der Waals surface area contributed by atoms with Crippen molar-refractivity contribution >= 4 is 12.6 Å². The fourth-order valence-electron chi connectivity index (χ4n) is 1.89. The molecule has 0 N–H and O–H groups in total. The molecule has 0 saturated heterocycles. The van der Waals surface area contributed by atoms with Crippen LogP contribution in [0.3, 0.4) is 0 Å². The van der Waals surface area contributed by atoms with Gasteiger partial charge in [-0.2, -0.15) is 12.6 Å². The Labute approximate surface area is 95.6 Å². The molecule has 0 radical (unpaired) electrons. The van der Waals surface area contributed by atoms with Crippen LogP contribution < -0.4 is 0 Å². The lowest BCUT2D eigenvalue weighted by atomic mass is 9.91. The number of rotatable bonds is 9. The summed E-state index contributed by atoms with van der Waals surface area (Å²) in [4.78, 5) is 0. The van der Waals surface area contributed by atoms with E-state index in [4.69, 9.17) is 0 Å². The maximum Gasteiger partial charge on any atom is 0.00168 e. The van der Waals surface area contributed by atoms with E-state index >= 15 is 0 Å². The normalized spacial score (nSPS) is 15.1. The third kappa shape index (κ3) is 7.49. The Morgan fingerprint density at radius 2 is 2.00 bits per heavy atom. The van der Waals surface area contributed by atoms with E-state index in [1.54, 1.807) is 0 Å². The minimum absolute atomic E-state index is 0.607. The van der Waals surface area contributed by atoms with Crippen molar-refractivity contribution in [1.29, 1.82) is 0 Å². The fraction of sp³-hybridized carbons (Fsp3) is 0.846. The number of hydrogen-bond acceptors (Lipinski definition) is 1. The van der Waals surface area contributed by atoms with Crippen molar-refractivity contribution < 1.29 is 0 Å². The minimum Gasteiger partial charge on any atom is -0.176 e. The van der Waals surface area contributed by atoms with Gasteiger partial charge >= 0.3 is 0 Å². The largest absolute Gasteiger partial charge is 0.176 e. The Kier molecular flexibility index (Phi) is 9.70.